The number of benzene rings is 3. The Balaban J connectivity index is 1.81. The Morgan fingerprint density at radius 1 is 0.955 bits per heavy atom. The molecule has 3 aromatic carbocycles. The predicted molar refractivity (Wildman–Crippen MR) is 176 cm³/mol. The van der Waals surface area contributed by atoms with Crippen molar-refractivity contribution in [1.29, 1.82) is 0 Å². The fraction of sp³-hybridized carbons (Fsp3) is 0.429. The van der Waals surface area contributed by atoms with Gasteiger partial charge in [0.05, 0.1) is 46.1 Å². The minimum Gasteiger partial charge on any atom is -0.496 e. The third-order valence-electron chi connectivity index (χ3n) is 8.59. The summed E-state index contributed by atoms with van der Waals surface area (Å²) < 4.78 is 32.4. The molecule has 1 aromatic heterocycles. The summed E-state index contributed by atoms with van der Waals surface area (Å²) in [7, 11) is 2.39. The standard InChI is InChI=1S/C35H46N2O6Si/c1-24-29(39-5)20-27(21-30(24)40-6)33(43-44(8,9)35(2,3)4)31(42-19-18-25-14-11-10-12-15-25)23-37-22-26-16-13-17-28(32(26)36-37)34(38)41-7/h10-17,20-22,31,33H,18-19,23H2,1-9H3. The molecule has 2 atom stereocenters. The first-order chi connectivity index (χ1) is 20.9. The maximum Gasteiger partial charge on any atom is 0.340 e. The average Bonchev–Trinajstić information content (AvgIpc) is 3.42. The number of hydrogen-bond acceptors (Lipinski definition) is 7. The van der Waals surface area contributed by atoms with Gasteiger partial charge in [-0.2, -0.15) is 5.10 Å². The van der Waals surface area contributed by atoms with E-state index in [1.807, 2.05) is 60.3 Å². The zero-order valence-corrected chi connectivity index (χ0v) is 28.5. The van der Waals surface area contributed by atoms with Gasteiger partial charge in [-0.1, -0.05) is 63.2 Å². The third-order valence-corrected chi connectivity index (χ3v) is 13.0. The molecule has 0 N–H and O–H groups in total. The summed E-state index contributed by atoms with van der Waals surface area (Å²) >= 11 is 0. The molecular formula is C35H46N2O6Si. The third kappa shape index (κ3) is 7.51. The van der Waals surface area contributed by atoms with Crippen LogP contribution in [-0.2, 0) is 26.9 Å². The summed E-state index contributed by atoms with van der Waals surface area (Å²) in [6.07, 6.45) is 1.80. The normalized spacial score (nSPS) is 13.5. The van der Waals surface area contributed by atoms with Crippen LogP contribution >= 0.6 is 0 Å². The largest absolute Gasteiger partial charge is 0.496 e. The first-order valence-corrected chi connectivity index (χ1v) is 17.9. The number of rotatable bonds is 13. The average molecular weight is 619 g/mol. The second-order valence-corrected chi connectivity index (χ2v) is 17.3. The summed E-state index contributed by atoms with van der Waals surface area (Å²) in [6, 6.07) is 19.9. The van der Waals surface area contributed by atoms with Gasteiger partial charge in [0.2, 0.25) is 0 Å². The van der Waals surface area contributed by atoms with Crippen molar-refractivity contribution in [2.75, 3.05) is 27.9 Å². The van der Waals surface area contributed by atoms with Crippen LogP contribution < -0.4 is 9.47 Å². The Hall–Kier alpha value is -3.66. The molecule has 4 rings (SSSR count). The van der Waals surface area contributed by atoms with Gasteiger partial charge in [-0.25, -0.2) is 4.79 Å². The molecule has 236 valence electrons. The molecule has 8 nitrogen and oxygen atoms in total. The van der Waals surface area contributed by atoms with E-state index in [4.69, 9.17) is 28.5 Å². The maximum absolute atomic E-state index is 12.5. The molecule has 0 aliphatic carbocycles. The second kappa shape index (κ2) is 14.0. The molecular weight excluding hydrogens is 572 g/mol. The highest BCUT2D eigenvalue weighted by Crippen LogP contribution is 2.43. The molecule has 4 aromatic rings. The molecule has 44 heavy (non-hydrogen) atoms. The summed E-state index contributed by atoms with van der Waals surface area (Å²) in [5.41, 5.74) is 4.03. The number of carbonyl (C=O) groups is 1. The Morgan fingerprint density at radius 3 is 2.20 bits per heavy atom. The fourth-order valence-electron chi connectivity index (χ4n) is 4.98. The van der Waals surface area contributed by atoms with Crippen molar-refractivity contribution < 1.29 is 28.2 Å². The first kappa shape index (κ1) is 33.2. The van der Waals surface area contributed by atoms with Gasteiger partial charge in [0.1, 0.15) is 23.1 Å². The summed E-state index contributed by atoms with van der Waals surface area (Å²) in [4.78, 5) is 12.5. The molecule has 0 saturated carbocycles. The van der Waals surface area contributed by atoms with E-state index in [1.54, 1.807) is 20.3 Å². The molecule has 0 spiro atoms. The zero-order chi connectivity index (χ0) is 32.1. The van der Waals surface area contributed by atoms with E-state index in [9.17, 15) is 4.79 Å². The van der Waals surface area contributed by atoms with Gasteiger partial charge in [0.25, 0.3) is 0 Å². The Labute approximate surface area is 262 Å². The van der Waals surface area contributed by atoms with Crippen LogP contribution in [0.15, 0.2) is 66.9 Å². The second-order valence-electron chi connectivity index (χ2n) is 12.6. The van der Waals surface area contributed by atoms with E-state index in [2.05, 4.69) is 46.0 Å². The topological polar surface area (TPSA) is 81.0 Å². The highest BCUT2D eigenvalue weighted by molar-refractivity contribution is 6.74. The minimum absolute atomic E-state index is 0.0471. The number of carbonyl (C=O) groups excluding carboxylic acids is 1. The van der Waals surface area contributed by atoms with Crippen LogP contribution in [0.3, 0.4) is 0 Å². The highest BCUT2D eigenvalue weighted by Gasteiger charge is 2.42. The molecule has 0 aliphatic heterocycles. The number of esters is 1. The van der Waals surface area contributed by atoms with Crippen LogP contribution in [0.2, 0.25) is 18.1 Å². The van der Waals surface area contributed by atoms with Gasteiger partial charge in [-0.15, -0.1) is 0 Å². The number of nitrogens with zero attached hydrogens (tertiary/aromatic N) is 2. The fourth-order valence-corrected chi connectivity index (χ4v) is 6.26. The SMILES string of the molecule is COC(=O)c1cccc2cn(CC(OCCc3ccccc3)C(O[Si](C)(C)C(C)(C)C)c3cc(OC)c(C)c(OC)c3)nc12. The summed E-state index contributed by atoms with van der Waals surface area (Å²) in [6.45, 7) is 14.0. The summed E-state index contributed by atoms with van der Waals surface area (Å²) in [5, 5.41) is 5.63. The van der Waals surface area contributed by atoms with E-state index in [1.165, 1.54) is 12.7 Å². The first-order valence-electron chi connectivity index (χ1n) is 15.0. The van der Waals surface area contributed by atoms with Crippen molar-refractivity contribution in [2.24, 2.45) is 0 Å². The summed E-state index contributed by atoms with van der Waals surface area (Å²) in [5.74, 6) is 1.02. The number of methoxy groups -OCH3 is 3. The molecule has 0 radical (unpaired) electrons. The van der Waals surface area contributed by atoms with E-state index in [0.29, 0.717) is 24.2 Å². The smallest absolute Gasteiger partial charge is 0.340 e. The molecule has 1 heterocycles. The van der Waals surface area contributed by atoms with Crippen LogP contribution in [0.1, 0.15) is 53.9 Å². The van der Waals surface area contributed by atoms with Crippen LogP contribution in [0.4, 0.5) is 0 Å². The molecule has 0 bridgehead atoms. The van der Waals surface area contributed by atoms with Crippen molar-refractivity contribution in [2.45, 2.75) is 71.0 Å². The zero-order valence-electron chi connectivity index (χ0n) is 27.5. The molecule has 9 heteroatoms. The Bertz CT molecular complexity index is 1540. The lowest BCUT2D eigenvalue weighted by atomic mass is 10.0. The molecule has 2 unspecified atom stereocenters. The molecule has 0 fully saturated rings. The highest BCUT2D eigenvalue weighted by atomic mass is 28.4. The number of aromatic nitrogens is 2. The molecule has 0 saturated heterocycles. The minimum atomic E-state index is -2.32. The molecule has 0 aliphatic rings. The van der Waals surface area contributed by atoms with Crippen molar-refractivity contribution in [3.8, 4) is 11.5 Å². The van der Waals surface area contributed by atoms with E-state index in [-0.39, 0.29) is 5.04 Å². The van der Waals surface area contributed by atoms with Gasteiger partial charge >= 0.3 is 5.97 Å². The number of ether oxygens (including phenoxy) is 4. The van der Waals surface area contributed by atoms with Crippen LogP contribution in [0, 0.1) is 6.92 Å². The van der Waals surface area contributed by atoms with Gasteiger partial charge in [-0.05, 0) is 60.8 Å². The van der Waals surface area contributed by atoms with Crippen molar-refractivity contribution in [3.63, 3.8) is 0 Å². The Kier molecular flexibility index (Phi) is 10.5. The van der Waals surface area contributed by atoms with E-state index in [0.717, 1.165) is 34.4 Å². The number of hydrogen-bond donors (Lipinski definition) is 0. The quantitative estimate of drug-likeness (QED) is 0.113. The van der Waals surface area contributed by atoms with Gasteiger partial charge in [0.15, 0.2) is 8.32 Å². The lowest BCUT2D eigenvalue weighted by Gasteiger charge is -2.41. The monoisotopic (exact) mass is 618 g/mol. The maximum atomic E-state index is 12.5. The lowest BCUT2D eigenvalue weighted by Crippen LogP contribution is -2.45. The van der Waals surface area contributed by atoms with Gasteiger partial charge < -0.3 is 23.4 Å². The van der Waals surface area contributed by atoms with Crippen molar-refractivity contribution in [3.05, 3.63) is 89.1 Å². The van der Waals surface area contributed by atoms with E-state index < -0.39 is 26.5 Å². The van der Waals surface area contributed by atoms with Gasteiger partial charge in [0, 0.05) is 17.1 Å². The number of fused-ring (bicyclic) bond motifs is 1. The van der Waals surface area contributed by atoms with Crippen LogP contribution in [0.5, 0.6) is 11.5 Å². The van der Waals surface area contributed by atoms with Gasteiger partial charge in [-0.3, -0.25) is 4.68 Å². The Morgan fingerprint density at radius 2 is 1.61 bits per heavy atom. The van der Waals surface area contributed by atoms with Crippen molar-refractivity contribution in [1.82, 2.24) is 9.78 Å². The molecule has 0 amide bonds. The van der Waals surface area contributed by atoms with Crippen LogP contribution in [0.25, 0.3) is 10.9 Å². The van der Waals surface area contributed by atoms with Crippen molar-refractivity contribution >= 4 is 25.2 Å². The predicted octanol–water partition coefficient (Wildman–Crippen LogP) is 7.54. The lowest BCUT2D eigenvalue weighted by molar-refractivity contribution is -0.0421. The van der Waals surface area contributed by atoms with Crippen LogP contribution in [-0.4, -0.2) is 58.1 Å². The van der Waals surface area contributed by atoms with E-state index >= 15 is 0 Å².